The summed E-state index contributed by atoms with van der Waals surface area (Å²) in [7, 11) is 1.89. The molecular formula is C21H26N4O2. The Bertz CT molecular complexity index is 875. The molecule has 1 saturated heterocycles. The largest absolute Gasteiger partial charge is 0.338 e. The van der Waals surface area contributed by atoms with Crippen LogP contribution in [-0.4, -0.2) is 39.1 Å². The van der Waals surface area contributed by atoms with Crippen molar-refractivity contribution in [2.75, 3.05) is 11.9 Å². The molecule has 6 nitrogen and oxygen atoms in total. The van der Waals surface area contributed by atoms with Gasteiger partial charge in [0.05, 0.1) is 11.5 Å². The fourth-order valence-corrected chi connectivity index (χ4v) is 4.80. The predicted octanol–water partition coefficient (Wildman–Crippen LogP) is 2.64. The normalized spacial score (nSPS) is 23.7. The van der Waals surface area contributed by atoms with E-state index in [-0.39, 0.29) is 17.9 Å². The van der Waals surface area contributed by atoms with Gasteiger partial charge in [0.2, 0.25) is 11.8 Å². The number of hydrogen-bond acceptors (Lipinski definition) is 3. The molecule has 6 heteroatoms. The smallest absolute Gasteiger partial charge is 0.237 e. The first kappa shape index (κ1) is 17.8. The lowest BCUT2D eigenvalue weighted by Gasteiger charge is -2.34. The lowest BCUT2D eigenvalue weighted by Crippen LogP contribution is -2.48. The summed E-state index contributed by atoms with van der Waals surface area (Å²) in [6, 6.07) is 9.79. The highest BCUT2D eigenvalue weighted by Gasteiger charge is 2.58. The number of anilines is 1. The summed E-state index contributed by atoms with van der Waals surface area (Å²) < 4.78 is 1.81. The molecule has 0 aliphatic carbocycles. The van der Waals surface area contributed by atoms with Crippen molar-refractivity contribution in [2.24, 2.45) is 7.05 Å². The van der Waals surface area contributed by atoms with Crippen molar-refractivity contribution in [1.82, 2.24) is 14.7 Å². The average molecular weight is 366 g/mol. The molecule has 27 heavy (non-hydrogen) atoms. The number of aromatic nitrogens is 2. The molecule has 1 aromatic carbocycles. The number of para-hydroxylation sites is 1. The quantitative estimate of drug-likeness (QED) is 0.885. The second kappa shape index (κ2) is 6.83. The molecular weight excluding hydrogens is 340 g/mol. The molecule has 4 rings (SSSR count). The van der Waals surface area contributed by atoms with Gasteiger partial charge in [0.25, 0.3) is 0 Å². The van der Waals surface area contributed by atoms with Gasteiger partial charge in [-0.05, 0) is 37.0 Å². The van der Waals surface area contributed by atoms with Gasteiger partial charge in [0.15, 0.2) is 0 Å². The van der Waals surface area contributed by atoms with Crippen LogP contribution >= 0.6 is 0 Å². The predicted molar refractivity (Wildman–Crippen MR) is 103 cm³/mol. The minimum Gasteiger partial charge on any atom is -0.338 e. The van der Waals surface area contributed by atoms with Crippen molar-refractivity contribution in [3.63, 3.8) is 0 Å². The fraction of sp³-hybridized carbons (Fsp3) is 0.476. The van der Waals surface area contributed by atoms with Crippen molar-refractivity contribution < 1.29 is 9.59 Å². The monoisotopic (exact) mass is 366 g/mol. The lowest BCUT2D eigenvalue weighted by molar-refractivity contribution is -0.133. The summed E-state index contributed by atoms with van der Waals surface area (Å²) in [6.45, 7) is 2.75. The number of nitrogens with one attached hydrogen (secondary N) is 1. The van der Waals surface area contributed by atoms with E-state index in [0.717, 1.165) is 29.8 Å². The van der Waals surface area contributed by atoms with E-state index in [1.54, 1.807) is 6.20 Å². The van der Waals surface area contributed by atoms with E-state index in [2.05, 4.69) is 17.3 Å². The third-order valence-electron chi connectivity index (χ3n) is 6.15. The number of nitrogens with zero attached hydrogens (tertiary/aromatic N) is 3. The summed E-state index contributed by atoms with van der Waals surface area (Å²) in [5.41, 5.74) is 2.39. The van der Waals surface area contributed by atoms with Crippen LogP contribution in [-0.2, 0) is 28.5 Å². The molecule has 2 atom stereocenters. The molecule has 2 aromatic rings. The molecule has 1 fully saturated rings. The van der Waals surface area contributed by atoms with Crippen molar-refractivity contribution >= 4 is 17.5 Å². The molecule has 2 aliphatic rings. The van der Waals surface area contributed by atoms with Crippen LogP contribution < -0.4 is 5.32 Å². The van der Waals surface area contributed by atoms with Gasteiger partial charge in [0.1, 0.15) is 0 Å². The Balaban J connectivity index is 1.59. The Kier molecular flexibility index (Phi) is 4.50. The van der Waals surface area contributed by atoms with E-state index in [9.17, 15) is 9.59 Å². The Hall–Kier alpha value is -2.63. The maximum Gasteiger partial charge on any atom is 0.237 e. The van der Waals surface area contributed by atoms with Crippen LogP contribution in [0.25, 0.3) is 0 Å². The van der Waals surface area contributed by atoms with E-state index in [0.29, 0.717) is 25.8 Å². The third kappa shape index (κ3) is 2.74. The first-order chi connectivity index (χ1) is 13.1. The van der Waals surface area contributed by atoms with Gasteiger partial charge >= 0.3 is 0 Å². The van der Waals surface area contributed by atoms with Gasteiger partial charge in [-0.3, -0.25) is 14.3 Å². The van der Waals surface area contributed by atoms with Gasteiger partial charge < -0.3 is 10.2 Å². The first-order valence-electron chi connectivity index (χ1n) is 9.75. The summed E-state index contributed by atoms with van der Waals surface area (Å²) in [6.07, 6.45) is 5.33. The number of benzene rings is 1. The van der Waals surface area contributed by atoms with E-state index < -0.39 is 5.41 Å². The first-order valence-corrected chi connectivity index (χ1v) is 9.75. The van der Waals surface area contributed by atoms with Crippen LogP contribution in [0.5, 0.6) is 0 Å². The Labute approximate surface area is 159 Å². The fourth-order valence-electron chi connectivity index (χ4n) is 4.80. The van der Waals surface area contributed by atoms with Crippen LogP contribution in [0.15, 0.2) is 36.5 Å². The highest BCUT2D eigenvalue weighted by atomic mass is 16.2. The van der Waals surface area contributed by atoms with E-state index in [1.807, 2.05) is 47.0 Å². The zero-order chi connectivity index (χ0) is 19.0. The summed E-state index contributed by atoms with van der Waals surface area (Å²) in [4.78, 5) is 28.1. The maximum absolute atomic E-state index is 13.1. The summed E-state index contributed by atoms with van der Waals surface area (Å²) in [5, 5.41) is 7.22. The SMILES string of the molecule is CCC[C@@H]1N(C(=O)CCc2ccnn2C)CC[C@@]12C(=O)Nc1ccccc12. The van der Waals surface area contributed by atoms with Gasteiger partial charge in [0, 0.05) is 37.6 Å². The number of amides is 2. The minimum atomic E-state index is -0.602. The molecule has 0 saturated carbocycles. The second-order valence-corrected chi connectivity index (χ2v) is 7.56. The Morgan fingerprint density at radius 2 is 2.15 bits per heavy atom. The van der Waals surface area contributed by atoms with Crippen molar-refractivity contribution in [3.8, 4) is 0 Å². The summed E-state index contributed by atoms with van der Waals surface area (Å²) >= 11 is 0. The Morgan fingerprint density at radius 1 is 1.33 bits per heavy atom. The molecule has 2 amide bonds. The number of carbonyl (C=O) groups excluding carboxylic acids is 2. The summed E-state index contributed by atoms with van der Waals surface area (Å²) in [5.74, 6) is 0.174. The number of fused-ring (bicyclic) bond motifs is 2. The van der Waals surface area contributed by atoms with Crippen LogP contribution in [0.3, 0.4) is 0 Å². The standard InChI is InChI=1S/C21H26N4O2/c1-3-6-18-21(16-7-4-5-8-17(16)23-20(21)27)12-14-25(18)19(26)10-9-15-11-13-22-24(15)2/h4-5,7-8,11,13,18H,3,6,9-10,12,14H2,1-2H3,(H,23,27)/t18-,21-/m0/s1. The molecule has 1 aromatic heterocycles. The van der Waals surface area contributed by atoms with E-state index in [1.165, 1.54) is 0 Å². The second-order valence-electron chi connectivity index (χ2n) is 7.56. The molecule has 0 radical (unpaired) electrons. The van der Waals surface area contributed by atoms with Crippen LogP contribution in [0.1, 0.15) is 43.9 Å². The average Bonchev–Trinajstić information content (AvgIpc) is 3.32. The van der Waals surface area contributed by atoms with Crippen LogP contribution in [0, 0.1) is 0 Å². The van der Waals surface area contributed by atoms with Gasteiger partial charge in [-0.1, -0.05) is 31.5 Å². The molecule has 3 heterocycles. The van der Waals surface area contributed by atoms with E-state index >= 15 is 0 Å². The number of likely N-dealkylation sites (tertiary alicyclic amines) is 1. The molecule has 0 bridgehead atoms. The third-order valence-corrected chi connectivity index (χ3v) is 6.15. The molecule has 0 unspecified atom stereocenters. The molecule has 1 N–H and O–H groups in total. The highest BCUT2D eigenvalue weighted by Crippen LogP contribution is 2.49. The van der Waals surface area contributed by atoms with Crippen molar-refractivity contribution in [2.45, 2.75) is 50.5 Å². The highest BCUT2D eigenvalue weighted by molar-refractivity contribution is 6.07. The minimum absolute atomic E-state index is 0.0454. The topological polar surface area (TPSA) is 67.2 Å². The zero-order valence-electron chi connectivity index (χ0n) is 15.9. The lowest BCUT2D eigenvalue weighted by atomic mass is 9.73. The molecule has 1 spiro atoms. The Morgan fingerprint density at radius 3 is 2.89 bits per heavy atom. The van der Waals surface area contributed by atoms with Crippen molar-refractivity contribution in [1.29, 1.82) is 0 Å². The maximum atomic E-state index is 13.1. The number of rotatable bonds is 5. The van der Waals surface area contributed by atoms with E-state index in [4.69, 9.17) is 0 Å². The van der Waals surface area contributed by atoms with Gasteiger partial charge in [-0.2, -0.15) is 5.10 Å². The van der Waals surface area contributed by atoms with Crippen molar-refractivity contribution in [3.05, 3.63) is 47.8 Å². The van der Waals surface area contributed by atoms with Crippen LogP contribution in [0.2, 0.25) is 0 Å². The van der Waals surface area contributed by atoms with Gasteiger partial charge in [-0.15, -0.1) is 0 Å². The molecule has 2 aliphatic heterocycles. The number of carbonyl (C=O) groups is 2. The molecule has 142 valence electrons. The number of aryl methyl sites for hydroxylation is 2. The number of hydrogen-bond donors (Lipinski definition) is 1. The zero-order valence-corrected chi connectivity index (χ0v) is 15.9. The van der Waals surface area contributed by atoms with Gasteiger partial charge in [-0.25, -0.2) is 0 Å². The van der Waals surface area contributed by atoms with Crippen LogP contribution in [0.4, 0.5) is 5.69 Å².